The number of halogens is 1. The average Bonchev–Trinajstić information content (AvgIpc) is 3.08. The zero-order valence-corrected chi connectivity index (χ0v) is 9.50. The molecule has 0 saturated heterocycles. The van der Waals surface area contributed by atoms with E-state index in [0.717, 1.165) is 12.8 Å². The Kier molecular flexibility index (Phi) is 3.56. The Hall–Kier alpha value is -1.36. The second-order valence-corrected chi connectivity index (χ2v) is 4.11. The molecule has 1 fully saturated rings. The predicted octanol–water partition coefficient (Wildman–Crippen LogP) is 1.07. The van der Waals surface area contributed by atoms with Crippen LogP contribution in [0.3, 0.4) is 0 Å². The smallest absolute Gasteiger partial charge is 0.223 e. The van der Waals surface area contributed by atoms with Gasteiger partial charge in [-0.15, -0.1) is 0 Å². The summed E-state index contributed by atoms with van der Waals surface area (Å²) in [4.78, 5) is 19.0. The summed E-state index contributed by atoms with van der Waals surface area (Å²) in [5.41, 5.74) is 0. The third kappa shape index (κ3) is 3.34. The number of hydrogen-bond donors (Lipinski definition) is 2. The van der Waals surface area contributed by atoms with Gasteiger partial charge in [-0.05, 0) is 12.8 Å². The van der Waals surface area contributed by atoms with Gasteiger partial charge in [0.1, 0.15) is 17.3 Å². The highest BCUT2D eigenvalue weighted by atomic mass is 35.5. The van der Waals surface area contributed by atoms with Crippen LogP contribution >= 0.6 is 11.6 Å². The van der Waals surface area contributed by atoms with Crippen molar-refractivity contribution in [2.75, 3.05) is 18.4 Å². The van der Waals surface area contributed by atoms with Crippen LogP contribution in [-0.2, 0) is 4.79 Å². The molecule has 0 radical (unpaired) electrons. The van der Waals surface area contributed by atoms with Gasteiger partial charge in [0, 0.05) is 25.1 Å². The Bertz CT molecular complexity index is 381. The molecule has 1 amide bonds. The third-order valence-corrected chi connectivity index (χ3v) is 2.52. The van der Waals surface area contributed by atoms with E-state index >= 15 is 0 Å². The van der Waals surface area contributed by atoms with Crippen molar-refractivity contribution in [1.29, 1.82) is 0 Å². The molecule has 1 heterocycles. The van der Waals surface area contributed by atoms with Crippen molar-refractivity contribution in [3.63, 3.8) is 0 Å². The van der Waals surface area contributed by atoms with E-state index in [0.29, 0.717) is 24.1 Å². The van der Waals surface area contributed by atoms with Crippen molar-refractivity contribution in [3.05, 3.63) is 17.5 Å². The number of rotatable bonds is 5. The molecule has 5 nitrogen and oxygen atoms in total. The van der Waals surface area contributed by atoms with Crippen LogP contribution < -0.4 is 10.6 Å². The molecule has 6 heteroatoms. The van der Waals surface area contributed by atoms with Crippen LogP contribution in [0, 0.1) is 5.92 Å². The second-order valence-electron chi connectivity index (χ2n) is 3.72. The van der Waals surface area contributed by atoms with Crippen LogP contribution in [0.5, 0.6) is 0 Å². The van der Waals surface area contributed by atoms with Crippen molar-refractivity contribution in [2.24, 2.45) is 5.92 Å². The molecule has 0 bridgehead atoms. The molecule has 0 aromatic carbocycles. The first kappa shape index (κ1) is 11.1. The predicted molar refractivity (Wildman–Crippen MR) is 61.3 cm³/mol. The Morgan fingerprint density at radius 2 is 2.25 bits per heavy atom. The van der Waals surface area contributed by atoms with Crippen LogP contribution in [0.4, 0.5) is 5.82 Å². The van der Waals surface area contributed by atoms with Gasteiger partial charge in [-0.2, -0.15) is 0 Å². The fraction of sp³-hybridized carbons (Fsp3) is 0.500. The standard InChI is InChI=1S/C10H13ClN4O/c11-8-5-9(15-6-14-8)12-3-4-13-10(16)7-1-2-7/h5-7H,1-4H2,(H,13,16)(H,12,14,15). The van der Waals surface area contributed by atoms with Gasteiger partial charge in [0.25, 0.3) is 0 Å². The number of nitrogens with one attached hydrogen (secondary N) is 2. The molecule has 86 valence electrons. The van der Waals surface area contributed by atoms with Gasteiger partial charge in [-0.1, -0.05) is 11.6 Å². The van der Waals surface area contributed by atoms with Crippen LogP contribution in [0.2, 0.25) is 5.15 Å². The molecular weight excluding hydrogens is 228 g/mol. The molecule has 1 aliphatic rings. The summed E-state index contributed by atoms with van der Waals surface area (Å²) < 4.78 is 0. The normalized spacial score (nSPS) is 14.6. The fourth-order valence-electron chi connectivity index (χ4n) is 1.30. The number of nitrogens with zero attached hydrogens (tertiary/aromatic N) is 2. The SMILES string of the molecule is O=C(NCCNc1cc(Cl)ncn1)C1CC1. The largest absolute Gasteiger partial charge is 0.368 e. The molecule has 0 atom stereocenters. The van der Waals surface area contributed by atoms with E-state index in [2.05, 4.69) is 20.6 Å². The van der Waals surface area contributed by atoms with Gasteiger partial charge >= 0.3 is 0 Å². The molecule has 1 aliphatic carbocycles. The minimum atomic E-state index is 0.155. The summed E-state index contributed by atoms with van der Waals surface area (Å²) in [6.45, 7) is 1.22. The minimum absolute atomic E-state index is 0.155. The van der Waals surface area contributed by atoms with Crippen molar-refractivity contribution in [2.45, 2.75) is 12.8 Å². The Balaban J connectivity index is 1.65. The lowest BCUT2D eigenvalue weighted by atomic mass is 10.4. The van der Waals surface area contributed by atoms with Crippen LogP contribution in [0.25, 0.3) is 0 Å². The number of carbonyl (C=O) groups is 1. The minimum Gasteiger partial charge on any atom is -0.368 e. The first-order chi connectivity index (χ1) is 7.75. The summed E-state index contributed by atoms with van der Waals surface area (Å²) in [5.74, 6) is 1.08. The highest BCUT2D eigenvalue weighted by molar-refractivity contribution is 6.29. The van der Waals surface area contributed by atoms with Gasteiger partial charge in [-0.25, -0.2) is 9.97 Å². The fourth-order valence-corrected chi connectivity index (χ4v) is 1.44. The highest BCUT2D eigenvalue weighted by Gasteiger charge is 2.28. The maximum atomic E-state index is 11.3. The van der Waals surface area contributed by atoms with Crippen molar-refractivity contribution in [1.82, 2.24) is 15.3 Å². The van der Waals surface area contributed by atoms with E-state index in [1.807, 2.05) is 0 Å². The van der Waals surface area contributed by atoms with E-state index in [-0.39, 0.29) is 11.8 Å². The number of carbonyl (C=O) groups excluding carboxylic acids is 1. The molecular formula is C10H13ClN4O. The molecule has 1 saturated carbocycles. The third-order valence-electron chi connectivity index (χ3n) is 2.31. The summed E-state index contributed by atoms with van der Waals surface area (Å²) in [6.07, 6.45) is 3.45. The zero-order valence-electron chi connectivity index (χ0n) is 8.74. The monoisotopic (exact) mass is 240 g/mol. The summed E-state index contributed by atoms with van der Waals surface area (Å²) in [5, 5.41) is 6.30. The molecule has 2 rings (SSSR count). The molecule has 0 unspecified atom stereocenters. The number of hydrogen-bond acceptors (Lipinski definition) is 4. The van der Waals surface area contributed by atoms with Crippen LogP contribution in [-0.4, -0.2) is 29.0 Å². The highest BCUT2D eigenvalue weighted by Crippen LogP contribution is 2.28. The van der Waals surface area contributed by atoms with Crippen LogP contribution in [0.1, 0.15) is 12.8 Å². The molecule has 2 N–H and O–H groups in total. The van der Waals surface area contributed by atoms with Crippen LogP contribution in [0.15, 0.2) is 12.4 Å². The molecule has 1 aromatic heterocycles. The lowest BCUT2D eigenvalue weighted by Gasteiger charge is -2.06. The molecule has 0 spiro atoms. The van der Waals surface area contributed by atoms with Crippen molar-refractivity contribution < 1.29 is 4.79 Å². The average molecular weight is 241 g/mol. The lowest BCUT2D eigenvalue weighted by molar-refractivity contribution is -0.122. The Morgan fingerprint density at radius 3 is 2.94 bits per heavy atom. The quantitative estimate of drug-likeness (QED) is 0.597. The van der Waals surface area contributed by atoms with Crippen molar-refractivity contribution >= 4 is 23.3 Å². The van der Waals surface area contributed by atoms with E-state index in [9.17, 15) is 4.79 Å². The van der Waals surface area contributed by atoms with E-state index < -0.39 is 0 Å². The summed E-state index contributed by atoms with van der Waals surface area (Å²) >= 11 is 5.70. The van der Waals surface area contributed by atoms with Crippen molar-refractivity contribution in [3.8, 4) is 0 Å². The Labute approximate surface area is 98.6 Å². The number of amides is 1. The van der Waals surface area contributed by atoms with Gasteiger partial charge < -0.3 is 10.6 Å². The number of anilines is 1. The van der Waals surface area contributed by atoms with E-state index in [4.69, 9.17) is 11.6 Å². The maximum Gasteiger partial charge on any atom is 0.223 e. The first-order valence-electron chi connectivity index (χ1n) is 5.25. The molecule has 1 aromatic rings. The van der Waals surface area contributed by atoms with E-state index in [1.54, 1.807) is 6.07 Å². The van der Waals surface area contributed by atoms with E-state index in [1.165, 1.54) is 6.33 Å². The van der Waals surface area contributed by atoms with Gasteiger partial charge in [0.2, 0.25) is 5.91 Å². The number of aromatic nitrogens is 2. The zero-order chi connectivity index (χ0) is 11.4. The molecule has 16 heavy (non-hydrogen) atoms. The Morgan fingerprint density at radius 1 is 1.44 bits per heavy atom. The topological polar surface area (TPSA) is 66.9 Å². The summed E-state index contributed by atoms with van der Waals surface area (Å²) in [6, 6.07) is 1.64. The van der Waals surface area contributed by atoms with Gasteiger partial charge in [0.05, 0.1) is 0 Å². The first-order valence-corrected chi connectivity index (χ1v) is 5.62. The molecule has 0 aliphatic heterocycles. The summed E-state index contributed by atoms with van der Waals surface area (Å²) in [7, 11) is 0. The van der Waals surface area contributed by atoms with Gasteiger partial charge in [-0.3, -0.25) is 4.79 Å². The second kappa shape index (κ2) is 5.12. The maximum absolute atomic E-state index is 11.3. The lowest BCUT2D eigenvalue weighted by Crippen LogP contribution is -2.29. The van der Waals surface area contributed by atoms with Gasteiger partial charge in [0.15, 0.2) is 0 Å².